The van der Waals surface area contributed by atoms with Crippen molar-refractivity contribution in [2.75, 3.05) is 18.0 Å². The molecule has 0 bridgehead atoms. The summed E-state index contributed by atoms with van der Waals surface area (Å²) < 4.78 is 5.37. The molecule has 3 heterocycles. The predicted octanol–water partition coefficient (Wildman–Crippen LogP) is 2.66. The van der Waals surface area contributed by atoms with E-state index >= 15 is 0 Å². The zero-order valence-corrected chi connectivity index (χ0v) is 14.6. The van der Waals surface area contributed by atoms with Gasteiger partial charge in [-0.3, -0.25) is 4.79 Å². The first kappa shape index (κ1) is 16.1. The number of aryl methyl sites for hydroxylation is 2. The fourth-order valence-corrected chi connectivity index (χ4v) is 3.82. The molecule has 1 fully saturated rings. The Labute approximate surface area is 147 Å². The van der Waals surface area contributed by atoms with E-state index in [9.17, 15) is 4.79 Å². The van der Waals surface area contributed by atoms with Crippen LogP contribution in [0.1, 0.15) is 53.2 Å². The third-order valence-corrected chi connectivity index (χ3v) is 5.12. The van der Waals surface area contributed by atoms with Crippen LogP contribution >= 0.6 is 0 Å². The largest absolute Gasteiger partial charge is 0.360 e. The Bertz CT molecular complexity index is 771. The lowest BCUT2D eigenvalue weighted by Crippen LogP contribution is -2.48. The molecule has 1 aliphatic heterocycles. The second-order valence-corrected chi connectivity index (χ2v) is 7.04. The van der Waals surface area contributed by atoms with Crippen molar-refractivity contribution in [2.24, 2.45) is 0 Å². The van der Waals surface area contributed by atoms with E-state index in [-0.39, 0.29) is 11.9 Å². The van der Waals surface area contributed by atoms with Gasteiger partial charge in [-0.2, -0.15) is 0 Å². The number of amides is 1. The molecule has 0 radical (unpaired) electrons. The van der Waals surface area contributed by atoms with Gasteiger partial charge in [-0.05, 0) is 51.2 Å². The topological polar surface area (TPSA) is 71.3 Å². The molecule has 132 valence electrons. The molecule has 2 aromatic heterocycles. The van der Waals surface area contributed by atoms with Gasteiger partial charge < -0.3 is 14.7 Å². The third kappa shape index (κ3) is 3.38. The van der Waals surface area contributed by atoms with Gasteiger partial charge >= 0.3 is 0 Å². The lowest BCUT2D eigenvalue weighted by molar-refractivity contribution is 0.0923. The minimum Gasteiger partial charge on any atom is -0.360 e. The Hall–Kier alpha value is -2.37. The van der Waals surface area contributed by atoms with Crippen molar-refractivity contribution in [1.82, 2.24) is 15.5 Å². The second-order valence-electron chi connectivity index (χ2n) is 7.04. The predicted molar refractivity (Wildman–Crippen MR) is 94.8 cm³/mol. The maximum atomic E-state index is 12.7. The number of nitrogens with zero attached hydrogens (tertiary/aromatic N) is 3. The summed E-state index contributed by atoms with van der Waals surface area (Å²) in [5, 5.41) is 7.19. The monoisotopic (exact) mass is 340 g/mol. The molecule has 1 atom stereocenters. The number of pyridine rings is 1. The number of hydrogen-bond acceptors (Lipinski definition) is 5. The maximum Gasteiger partial charge on any atom is 0.274 e. The average Bonchev–Trinajstić information content (AvgIpc) is 3.06. The van der Waals surface area contributed by atoms with Crippen LogP contribution in [-0.4, -0.2) is 35.2 Å². The SMILES string of the molecule is Cc1cccc(N2CCCC(NC(=O)c3noc4c3CCCC4)C2)n1. The Balaban J connectivity index is 1.44. The fourth-order valence-electron chi connectivity index (χ4n) is 3.82. The van der Waals surface area contributed by atoms with E-state index in [0.29, 0.717) is 5.69 Å². The highest BCUT2D eigenvalue weighted by Gasteiger charge is 2.27. The number of rotatable bonds is 3. The van der Waals surface area contributed by atoms with Crippen LogP contribution in [0.3, 0.4) is 0 Å². The number of anilines is 1. The first-order valence-corrected chi connectivity index (χ1v) is 9.17. The highest BCUT2D eigenvalue weighted by atomic mass is 16.5. The van der Waals surface area contributed by atoms with E-state index in [1.54, 1.807) is 0 Å². The molecule has 1 N–H and O–H groups in total. The minimum atomic E-state index is -0.101. The molecular formula is C19H24N4O2. The van der Waals surface area contributed by atoms with Crippen molar-refractivity contribution >= 4 is 11.7 Å². The number of fused-ring (bicyclic) bond motifs is 1. The van der Waals surface area contributed by atoms with Crippen LogP contribution in [-0.2, 0) is 12.8 Å². The van der Waals surface area contributed by atoms with Crippen molar-refractivity contribution in [1.29, 1.82) is 0 Å². The summed E-state index contributed by atoms with van der Waals surface area (Å²) in [6.45, 7) is 3.75. The molecule has 4 rings (SSSR count). The zero-order chi connectivity index (χ0) is 17.2. The lowest BCUT2D eigenvalue weighted by atomic mass is 9.96. The van der Waals surface area contributed by atoms with Gasteiger partial charge in [0.05, 0.1) is 0 Å². The van der Waals surface area contributed by atoms with Gasteiger partial charge in [0.15, 0.2) is 5.69 Å². The van der Waals surface area contributed by atoms with Gasteiger partial charge in [0, 0.05) is 36.8 Å². The molecule has 0 saturated carbocycles. The van der Waals surface area contributed by atoms with Gasteiger partial charge in [-0.25, -0.2) is 4.98 Å². The molecule has 6 heteroatoms. The Morgan fingerprint density at radius 3 is 3.04 bits per heavy atom. The van der Waals surface area contributed by atoms with Crippen LogP contribution in [0.2, 0.25) is 0 Å². The highest BCUT2D eigenvalue weighted by Crippen LogP contribution is 2.24. The number of carbonyl (C=O) groups excluding carboxylic acids is 1. The van der Waals surface area contributed by atoms with Crippen molar-refractivity contribution in [3.63, 3.8) is 0 Å². The van der Waals surface area contributed by atoms with Crippen molar-refractivity contribution < 1.29 is 9.32 Å². The van der Waals surface area contributed by atoms with Crippen LogP contribution in [0, 0.1) is 6.92 Å². The number of piperidine rings is 1. The van der Waals surface area contributed by atoms with E-state index in [2.05, 4.69) is 20.4 Å². The van der Waals surface area contributed by atoms with E-state index in [1.165, 1.54) is 0 Å². The second kappa shape index (κ2) is 6.86. The van der Waals surface area contributed by atoms with E-state index in [1.807, 2.05) is 25.1 Å². The maximum absolute atomic E-state index is 12.7. The smallest absolute Gasteiger partial charge is 0.274 e. The van der Waals surface area contributed by atoms with Crippen LogP contribution in [0.25, 0.3) is 0 Å². The summed E-state index contributed by atoms with van der Waals surface area (Å²) >= 11 is 0. The normalized spacial score (nSPS) is 20.2. The molecule has 1 unspecified atom stereocenters. The molecule has 2 aromatic rings. The molecule has 0 aromatic carbocycles. The number of nitrogens with one attached hydrogen (secondary N) is 1. The zero-order valence-electron chi connectivity index (χ0n) is 14.6. The molecule has 2 aliphatic rings. The van der Waals surface area contributed by atoms with Crippen LogP contribution in [0.5, 0.6) is 0 Å². The summed E-state index contributed by atoms with van der Waals surface area (Å²) in [7, 11) is 0. The minimum absolute atomic E-state index is 0.101. The summed E-state index contributed by atoms with van der Waals surface area (Å²) in [6.07, 6.45) is 6.03. The first-order chi connectivity index (χ1) is 12.2. The van der Waals surface area contributed by atoms with Crippen LogP contribution < -0.4 is 10.2 Å². The van der Waals surface area contributed by atoms with Crippen LogP contribution in [0.15, 0.2) is 22.7 Å². The Morgan fingerprint density at radius 1 is 1.28 bits per heavy atom. The van der Waals surface area contributed by atoms with Gasteiger partial charge in [0.2, 0.25) is 0 Å². The molecule has 1 saturated heterocycles. The molecular weight excluding hydrogens is 316 g/mol. The molecule has 25 heavy (non-hydrogen) atoms. The highest BCUT2D eigenvalue weighted by molar-refractivity contribution is 5.94. The van der Waals surface area contributed by atoms with Crippen molar-refractivity contribution in [3.05, 3.63) is 40.9 Å². The quantitative estimate of drug-likeness (QED) is 0.930. The molecule has 1 aliphatic carbocycles. The van der Waals surface area contributed by atoms with Gasteiger partial charge in [-0.15, -0.1) is 0 Å². The first-order valence-electron chi connectivity index (χ1n) is 9.17. The summed E-state index contributed by atoms with van der Waals surface area (Å²) in [5.74, 6) is 1.78. The number of carbonyl (C=O) groups is 1. The van der Waals surface area contributed by atoms with Crippen molar-refractivity contribution in [3.8, 4) is 0 Å². The average molecular weight is 340 g/mol. The summed E-state index contributed by atoms with van der Waals surface area (Å²) in [5.41, 5.74) is 2.51. The summed E-state index contributed by atoms with van der Waals surface area (Å²) in [4.78, 5) is 19.5. The molecule has 6 nitrogen and oxygen atoms in total. The molecule has 1 amide bonds. The Kier molecular flexibility index (Phi) is 4.42. The Morgan fingerprint density at radius 2 is 2.16 bits per heavy atom. The van der Waals surface area contributed by atoms with E-state index in [0.717, 1.165) is 74.4 Å². The van der Waals surface area contributed by atoms with E-state index in [4.69, 9.17) is 4.52 Å². The van der Waals surface area contributed by atoms with Gasteiger partial charge in [0.25, 0.3) is 5.91 Å². The van der Waals surface area contributed by atoms with Gasteiger partial charge in [0.1, 0.15) is 11.6 Å². The lowest BCUT2D eigenvalue weighted by Gasteiger charge is -2.34. The number of hydrogen-bond donors (Lipinski definition) is 1. The van der Waals surface area contributed by atoms with Crippen LogP contribution in [0.4, 0.5) is 5.82 Å². The van der Waals surface area contributed by atoms with E-state index < -0.39 is 0 Å². The number of aromatic nitrogens is 2. The van der Waals surface area contributed by atoms with Crippen molar-refractivity contribution in [2.45, 2.75) is 51.5 Å². The summed E-state index contributed by atoms with van der Waals surface area (Å²) in [6, 6.07) is 6.17. The molecule has 0 spiro atoms. The fraction of sp³-hybridized carbons (Fsp3) is 0.526. The van der Waals surface area contributed by atoms with Gasteiger partial charge in [-0.1, -0.05) is 11.2 Å². The standard InChI is InChI=1S/C19H24N4O2/c1-13-6-4-10-17(20-13)23-11-5-7-14(12-23)21-19(24)18-15-8-2-3-9-16(15)25-22-18/h4,6,10,14H,2-3,5,7-9,11-12H2,1H3,(H,21,24). The third-order valence-electron chi connectivity index (χ3n) is 5.12.